The summed E-state index contributed by atoms with van der Waals surface area (Å²) in [5.41, 5.74) is 0.730. The Morgan fingerprint density at radius 2 is 1.22 bits per heavy atom. The molecule has 1 aliphatic rings. The van der Waals surface area contributed by atoms with Crippen LogP contribution in [0.15, 0.2) is 121 Å². The highest BCUT2D eigenvalue weighted by molar-refractivity contribution is 5.92. The fraction of sp³-hybridized carbons (Fsp3) is 0.462. The van der Waals surface area contributed by atoms with Crippen LogP contribution in [0.4, 0.5) is 0 Å². The van der Waals surface area contributed by atoms with Crippen molar-refractivity contribution < 1.29 is 29.6 Å². The molecule has 0 radical (unpaired) electrons. The first-order valence-corrected chi connectivity index (χ1v) is 16.0. The summed E-state index contributed by atoms with van der Waals surface area (Å²) in [6.07, 6.45) is 36.4. The average Bonchev–Trinajstić information content (AvgIpc) is 3.47. The molecule has 0 aliphatic carbocycles. The average molecular weight is 621 g/mol. The number of unbranched alkanes of at least 4 members (excludes halogenated alkanes) is 1. The van der Waals surface area contributed by atoms with E-state index in [2.05, 4.69) is 12.2 Å². The van der Waals surface area contributed by atoms with Crippen LogP contribution in [0.3, 0.4) is 0 Å². The number of ketones is 1. The largest absolute Gasteiger partial charge is 0.392 e. The maximum absolute atomic E-state index is 11.2. The van der Waals surface area contributed by atoms with E-state index in [1.807, 2.05) is 113 Å². The number of Topliss-reactive ketones (excluding diaryl/α,β-unsaturated/α-hetero) is 1. The van der Waals surface area contributed by atoms with Crippen molar-refractivity contribution in [3.05, 3.63) is 121 Å². The first-order valence-electron chi connectivity index (χ1n) is 16.0. The fourth-order valence-corrected chi connectivity index (χ4v) is 4.36. The summed E-state index contributed by atoms with van der Waals surface area (Å²) in [7, 11) is 0. The monoisotopic (exact) mass is 620 g/mol. The summed E-state index contributed by atoms with van der Waals surface area (Å²) in [5.74, 6) is -1.15. The van der Waals surface area contributed by atoms with E-state index in [-0.39, 0.29) is 23.5 Å². The van der Waals surface area contributed by atoms with Crippen molar-refractivity contribution in [3.8, 4) is 0 Å². The van der Waals surface area contributed by atoms with Crippen LogP contribution >= 0.6 is 0 Å². The molecule has 0 spiro atoms. The van der Waals surface area contributed by atoms with Crippen molar-refractivity contribution in [1.29, 1.82) is 0 Å². The first kappa shape index (κ1) is 39.9. The van der Waals surface area contributed by atoms with Crippen LogP contribution in [0.2, 0.25) is 0 Å². The smallest absolute Gasteiger partial charge is 0.170 e. The highest BCUT2D eigenvalue weighted by Gasteiger charge is 2.40. The number of ether oxygens (including phenoxy) is 2. The minimum Gasteiger partial charge on any atom is -0.392 e. The van der Waals surface area contributed by atoms with Crippen LogP contribution in [0, 0.1) is 17.8 Å². The Balaban J connectivity index is 2.30. The molecule has 6 nitrogen and oxygen atoms in total. The molecule has 1 aliphatic heterocycles. The molecular formula is C39H56O6. The van der Waals surface area contributed by atoms with E-state index in [4.69, 9.17) is 9.47 Å². The number of carbonyl (C=O) groups is 1. The Hall–Kier alpha value is -3.13. The number of aliphatic hydroxyl groups is 3. The third kappa shape index (κ3) is 17.2. The number of hydrogen-bond donors (Lipinski definition) is 3. The molecule has 1 rings (SSSR count). The highest BCUT2D eigenvalue weighted by Crippen LogP contribution is 2.31. The minimum absolute atomic E-state index is 0.0725. The van der Waals surface area contributed by atoms with E-state index in [1.165, 1.54) is 0 Å². The summed E-state index contributed by atoms with van der Waals surface area (Å²) in [5, 5.41) is 31.5. The standard InChI is InChI=1S/C39H56O6/c1-31(35(5)40)25-21-17-13-12-14-18-22-26-32(2)38(43)33(3)36(41)27-23-19-15-10-8-7-9-11-16-20-24-28-37(42)34(4)39(6)44-29-30-45-39/h7-13,15-17,19-27,32-34,36-38,41-43H,14,18,28-30H2,1-6H3/b9-7+,10-8+,13-12+,16-11+,19-15+,21-17+,24-20+,26-22+,27-23+,31-25+. The number of rotatable bonds is 20. The lowest BCUT2D eigenvalue weighted by atomic mass is 9.88. The predicted octanol–water partition coefficient (Wildman–Crippen LogP) is 7.45. The molecule has 1 heterocycles. The minimum atomic E-state index is -0.755. The molecule has 3 N–H and O–H groups in total. The molecule has 1 fully saturated rings. The molecule has 6 atom stereocenters. The quantitative estimate of drug-likeness (QED) is 0.0566. The molecular weight excluding hydrogens is 564 g/mol. The topological polar surface area (TPSA) is 96.2 Å². The molecule has 6 unspecified atom stereocenters. The van der Waals surface area contributed by atoms with E-state index < -0.39 is 24.1 Å². The van der Waals surface area contributed by atoms with Gasteiger partial charge in [-0.2, -0.15) is 0 Å². The molecule has 0 saturated carbocycles. The van der Waals surface area contributed by atoms with E-state index in [0.29, 0.717) is 19.6 Å². The number of carbonyl (C=O) groups excluding carboxylic acids is 1. The SMILES string of the molecule is CC(=O)/C(C)=C/C=C/C=C/CC/C=C/C(C)C(O)C(C)C(O)/C=C/C=C/C=C/C=C/C=C/C=C/CC(O)C(C)C1(C)OCCO1. The third-order valence-electron chi connectivity index (χ3n) is 7.90. The van der Waals surface area contributed by atoms with Crippen molar-refractivity contribution in [2.24, 2.45) is 17.8 Å². The van der Waals surface area contributed by atoms with Gasteiger partial charge in [0.15, 0.2) is 11.6 Å². The van der Waals surface area contributed by atoms with Crippen LogP contribution < -0.4 is 0 Å². The first-order chi connectivity index (χ1) is 21.5. The lowest BCUT2D eigenvalue weighted by molar-refractivity contribution is -0.198. The lowest BCUT2D eigenvalue weighted by Crippen LogP contribution is -2.40. The maximum atomic E-state index is 11.2. The summed E-state index contributed by atoms with van der Waals surface area (Å²) in [6, 6.07) is 0. The van der Waals surface area contributed by atoms with E-state index in [0.717, 1.165) is 18.4 Å². The molecule has 0 aromatic rings. The van der Waals surface area contributed by atoms with Crippen LogP contribution in [-0.4, -0.2) is 58.4 Å². The van der Waals surface area contributed by atoms with Gasteiger partial charge in [0.2, 0.25) is 0 Å². The Kier molecular flexibility index (Phi) is 20.6. The van der Waals surface area contributed by atoms with E-state index in [9.17, 15) is 20.1 Å². The Labute approximate surface area is 271 Å². The zero-order chi connectivity index (χ0) is 33.5. The Morgan fingerprint density at radius 1 is 0.711 bits per heavy atom. The second kappa shape index (κ2) is 23.2. The van der Waals surface area contributed by atoms with E-state index >= 15 is 0 Å². The van der Waals surface area contributed by atoms with Crippen molar-refractivity contribution in [3.63, 3.8) is 0 Å². The zero-order valence-corrected chi connectivity index (χ0v) is 28.0. The molecule has 0 bridgehead atoms. The summed E-state index contributed by atoms with van der Waals surface area (Å²) >= 11 is 0. The van der Waals surface area contributed by atoms with Crippen molar-refractivity contribution in [2.75, 3.05) is 13.2 Å². The number of hydrogen-bond acceptors (Lipinski definition) is 6. The fourth-order valence-electron chi connectivity index (χ4n) is 4.36. The zero-order valence-electron chi connectivity index (χ0n) is 28.0. The van der Waals surface area contributed by atoms with Gasteiger partial charge < -0.3 is 24.8 Å². The van der Waals surface area contributed by atoms with Gasteiger partial charge >= 0.3 is 0 Å². The molecule has 0 aromatic heterocycles. The summed E-state index contributed by atoms with van der Waals surface area (Å²) in [4.78, 5) is 11.2. The normalized spacial score (nSPS) is 20.9. The third-order valence-corrected chi connectivity index (χ3v) is 7.90. The van der Waals surface area contributed by atoms with Crippen LogP contribution in [0.25, 0.3) is 0 Å². The van der Waals surface area contributed by atoms with Gasteiger partial charge in [0.25, 0.3) is 0 Å². The lowest BCUT2D eigenvalue weighted by Gasteiger charge is -2.32. The second-order valence-corrected chi connectivity index (χ2v) is 11.6. The van der Waals surface area contributed by atoms with Gasteiger partial charge in [0, 0.05) is 17.8 Å². The molecule has 248 valence electrons. The Bertz CT molecular complexity index is 1140. The van der Waals surface area contributed by atoms with Crippen molar-refractivity contribution >= 4 is 5.78 Å². The number of allylic oxidation sites excluding steroid dienone is 17. The van der Waals surface area contributed by atoms with Gasteiger partial charge in [-0.15, -0.1) is 0 Å². The second-order valence-electron chi connectivity index (χ2n) is 11.6. The Morgan fingerprint density at radius 3 is 1.82 bits per heavy atom. The molecule has 6 heteroatoms. The van der Waals surface area contributed by atoms with Gasteiger partial charge in [-0.3, -0.25) is 4.79 Å². The molecule has 1 saturated heterocycles. The maximum Gasteiger partial charge on any atom is 0.170 e. The van der Waals surface area contributed by atoms with Gasteiger partial charge in [-0.1, -0.05) is 136 Å². The van der Waals surface area contributed by atoms with Gasteiger partial charge in [0.1, 0.15) is 0 Å². The van der Waals surface area contributed by atoms with E-state index in [1.54, 1.807) is 32.1 Å². The summed E-state index contributed by atoms with van der Waals surface area (Å²) in [6.45, 7) is 12.1. The molecule has 0 aromatic carbocycles. The van der Waals surface area contributed by atoms with Crippen molar-refractivity contribution in [2.45, 2.75) is 84.9 Å². The van der Waals surface area contributed by atoms with Gasteiger partial charge in [-0.25, -0.2) is 0 Å². The number of aliphatic hydroxyl groups excluding tert-OH is 3. The van der Waals surface area contributed by atoms with Gasteiger partial charge in [0.05, 0.1) is 31.5 Å². The highest BCUT2D eigenvalue weighted by atomic mass is 16.7. The van der Waals surface area contributed by atoms with Crippen LogP contribution in [0.1, 0.15) is 60.8 Å². The molecule has 0 amide bonds. The summed E-state index contributed by atoms with van der Waals surface area (Å²) < 4.78 is 11.3. The van der Waals surface area contributed by atoms with Crippen molar-refractivity contribution in [1.82, 2.24) is 0 Å². The molecule has 45 heavy (non-hydrogen) atoms. The van der Waals surface area contributed by atoms with Crippen LogP contribution in [0.5, 0.6) is 0 Å². The van der Waals surface area contributed by atoms with Crippen LogP contribution in [-0.2, 0) is 14.3 Å². The van der Waals surface area contributed by atoms with Gasteiger partial charge in [-0.05, 0) is 45.6 Å². The predicted molar refractivity (Wildman–Crippen MR) is 186 cm³/mol.